The van der Waals surface area contributed by atoms with Crippen LogP contribution < -0.4 is 9.47 Å². The summed E-state index contributed by atoms with van der Waals surface area (Å²) in [5, 5.41) is 0.798. The number of carbonyl (C=O) groups is 1. The summed E-state index contributed by atoms with van der Waals surface area (Å²) in [5.74, 6) is 0.705. The molecular weight excluding hydrogens is 335 g/mol. The first kappa shape index (κ1) is 14.5. The first-order valence-corrected chi connectivity index (χ1v) is 7.29. The van der Waals surface area contributed by atoms with Crippen LogP contribution in [-0.4, -0.2) is 19.0 Å². The highest BCUT2D eigenvalue weighted by Gasteiger charge is 2.22. The van der Waals surface area contributed by atoms with Crippen LogP contribution in [0.3, 0.4) is 0 Å². The maximum atomic E-state index is 12.6. The van der Waals surface area contributed by atoms with Crippen LogP contribution in [0.15, 0.2) is 30.3 Å². The van der Waals surface area contributed by atoms with Gasteiger partial charge in [0.2, 0.25) is 0 Å². The van der Waals surface area contributed by atoms with Crippen molar-refractivity contribution in [3.8, 4) is 11.5 Å². The monoisotopic (exact) mass is 342 g/mol. The molecule has 0 aromatic heterocycles. The number of halogens is 3. The topological polar surface area (TPSA) is 35.5 Å². The molecule has 3 nitrogen and oxygen atoms in total. The lowest BCUT2D eigenvalue weighted by molar-refractivity contribution is 0.103. The van der Waals surface area contributed by atoms with E-state index >= 15 is 0 Å². The van der Waals surface area contributed by atoms with Gasteiger partial charge in [0.05, 0.1) is 15.1 Å². The van der Waals surface area contributed by atoms with Gasteiger partial charge in [-0.1, -0.05) is 40.9 Å². The summed E-state index contributed by atoms with van der Waals surface area (Å²) in [6.07, 6.45) is 0. The van der Waals surface area contributed by atoms with Gasteiger partial charge >= 0.3 is 0 Å². The molecule has 0 fully saturated rings. The van der Waals surface area contributed by atoms with E-state index in [-0.39, 0.29) is 15.8 Å². The van der Waals surface area contributed by atoms with Crippen LogP contribution in [0.2, 0.25) is 15.1 Å². The number of hydrogen-bond acceptors (Lipinski definition) is 3. The van der Waals surface area contributed by atoms with Gasteiger partial charge in [0.1, 0.15) is 13.2 Å². The molecule has 108 valence electrons. The number of carbonyl (C=O) groups excluding carboxylic acids is 1. The number of rotatable bonds is 2. The molecule has 0 atom stereocenters. The second-order valence-corrected chi connectivity index (χ2v) is 5.60. The molecule has 6 heteroatoms. The molecule has 1 aliphatic rings. The van der Waals surface area contributed by atoms with E-state index in [9.17, 15) is 4.79 Å². The van der Waals surface area contributed by atoms with Crippen molar-refractivity contribution >= 4 is 40.6 Å². The second kappa shape index (κ2) is 5.76. The highest BCUT2D eigenvalue weighted by Crippen LogP contribution is 2.37. The molecule has 0 spiro atoms. The molecule has 1 aliphatic heterocycles. The molecule has 21 heavy (non-hydrogen) atoms. The smallest absolute Gasteiger partial charge is 0.196 e. The summed E-state index contributed by atoms with van der Waals surface area (Å²) in [4.78, 5) is 12.6. The van der Waals surface area contributed by atoms with Crippen molar-refractivity contribution in [2.24, 2.45) is 0 Å². The Morgan fingerprint density at radius 1 is 0.905 bits per heavy atom. The highest BCUT2D eigenvalue weighted by atomic mass is 35.5. The molecule has 0 bridgehead atoms. The Morgan fingerprint density at radius 3 is 2.29 bits per heavy atom. The standard InChI is InChI=1S/C15H9Cl3O3/c16-10-3-1-2-8(14(10)18)15(19)9-6-12-13(7-11(9)17)21-5-4-20-12/h1-3,6-7H,4-5H2. The van der Waals surface area contributed by atoms with Crippen molar-refractivity contribution in [1.29, 1.82) is 0 Å². The summed E-state index contributed by atoms with van der Waals surface area (Å²) in [6, 6.07) is 8.02. The predicted octanol–water partition coefficient (Wildman–Crippen LogP) is 4.65. The van der Waals surface area contributed by atoms with Crippen LogP contribution in [0.5, 0.6) is 11.5 Å². The fraction of sp³-hybridized carbons (Fsp3) is 0.133. The Balaban J connectivity index is 2.07. The molecule has 0 saturated carbocycles. The molecule has 1 heterocycles. The van der Waals surface area contributed by atoms with Crippen LogP contribution in [-0.2, 0) is 0 Å². The second-order valence-electron chi connectivity index (χ2n) is 4.41. The normalized spacial score (nSPS) is 13.1. The van der Waals surface area contributed by atoms with E-state index in [1.807, 2.05) is 0 Å². The summed E-state index contributed by atoms with van der Waals surface area (Å²) >= 11 is 18.2. The number of hydrogen-bond donors (Lipinski definition) is 0. The van der Waals surface area contributed by atoms with Crippen molar-refractivity contribution in [3.05, 3.63) is 56.5 Å². The third-order valence-corrected chi connectivity index (χ3v) is 4.20. The van der Waals surface area contributed by atoms with Gasteiger partial charge in [-0.3, -0.25) is 4.79 Å². The van der Waals surface area contributed by atoms with Gasteiger partial charge < -0.3 is 9.47 Å². The van der Waals surface area contributed by atoms with Gasteiger partial charge in [-0.05, 0) is 18.2 Å². The largest absolute Gasteiger partial charge is 0.486 e. The Kier molecular flexibility index (Phi) is 3.98. The molecule has 0 saturated heterocycles. The predicted molar refractivity (Wildman–Crippen MR) is 82.3 cm³/mol. The highest BCUT2D eigenvalue weighted by molar-refractivity contribution is 6.45. The van der Waals surface area contributed by atoms with Crippen LogP contribution in [0, 0.1) is 0 Å². The van der Waals surface area contributed by atoms with Gasteiger partial charge in [0.15, 0.2) is 17.3 Å². The van der Waals surface area contributed by atoms with E-state index in [1.165, 1.54) is 0 Å². The van der Waals surface area contributed by atoms with E-state index in [1.54, 1.807) is 30.3 Å². The first-order valence-electron chi connectivity index (χ1n) is 6.16. The zero-order chi connectivity index (χ0) is 15.0. The molecule has 2 aromatic carbocycles. The average Bonchev–Trinajstić information content (AvgIpc) is 2.48. The van der Waals surface area contributed by atoms with E-state index in [2.05, 4.69) is 0 Å². The zero-order valence-corrected chi connectivity index (χ0v) is 12.9. The fourth-order valence-corrected chi connectivity index (χ4v) is 2.69. The van der Waals surface area contributed by atoms with Gasteiger partial charge in [-0.15, -0.1) is 0 Å². The molecular formula is C15H9Cl3O3. The number of ketones is 1. The SMILES string of the molecule is O=C(c1cc2c(cc1Cl)OCCO2)c1cccc(Cl)c1Cl. The van der Waals surface area contributed by atoms with Gasteiger partial charge in [0.25, 0.3) is 0 Å². The maximum Gasteiger partial charge on any atom is 0.196 e. The van der Waals surface area contributed by atoms with Gasteiger partial charge in [-0.25, -0.2) is 0 Å². The minimum absolute atomic E-state index is 0.204. The average molecular weight is 344 g/mol. The minimum Gasteiger partial charge on any atom is -0.486 e. The van der Waals surface area contributed by atoms with Crippen molar-refractivity contribution < 1.29 is 14.3 Å². The lowest BCUT2D eigenvalue weighted by atomic mass is 10.0. The van der Waals surface area contributed by atoms with E-state index < -0.39 is 0 Å². The third-order valence-electron chi connectivity index (χ3n) is 3.07. The Hall–Kier alpha value is -1.42. The third kappa shape index (κ3) is 2.69. The van der Waals surface area contributed by atoms with E-state index in [0.29, 0.717) is 40.9 Å². The molecule has 3 rings (SSSR count). The molecule has 0 N–H and O–H groups in total. The summed E-state index contributed by atoms with van der Waals surface area (Å²) in [7, 11) is 0. The Bertz CT molecular complexity index is 728. The van der Waals surface area contributed by atoms with Crippen LogP contribution in [0.4, 0.5) is 0 Å². The quantitative estimate of drug-likeness (QED) is 0.745. The summed E-state index contributed by atoms with van der Waals surface area (Å²) in [5.41, 5.74) is 0.591. The van der Waals surface area contributed by atoms with Crippen LogP contribution in [0.1, 0.15) is 15.9 Å². The summed E-state index contributed by atoms with van der Waals surface area (Å²) in [6.45, 7) is 0.886. The Morgan fingerprint density at radius 2 is 1.57 bits per heavy atom. The zero-order valence-electron chi connectivity index (χ0n) is 10.7. The number of fused-ring (bicyclic) bond motifs is 1. The molecule has 0 aliphatic carbocycles. The van der Waals surface area contributed by atoms with Crippen molar-refractivity contribution in [2.75, 3.05) is 13.2 Å². The minimum atomic E-state index is -0.315. The van der Waals surface area contributed by atoms with Crippen molar-refractivity contribution in [1.82, 2.24) is 0 Å². The molecule has 2 aromatic rings. The molecule has 0 amide bonds. The lowest BCUT2D eigenvalue weighted by Gasteiger charge is -2.19. The Labute approximate surface area is 136 Å². The fourth-order valence-electron chi connectivity index (χ4n) is 2.06. The first-order chi connectivity index (χ1) is 10.1. The maximum absolute atomic E-state index is 12.6. The van der Waals surface area contributed by atoms with Gasteiger partial charge in [0, 0.05) is 17.2 Å². The molecule has 0 unspecified atom stereocenters. The van der Waals surface area contributed by atoms with Gasteiger partial charge in [-0.2, -0.15) is 0 Å². The summed E-state index contributed by atoms with van der Waals surface area (Å²) < 4.78 is 10.9. The van der Waals surface area contributed by atoms with E-state index in [0.717, 1.165) is 0 Å². The van der Waals surface area contributed by atoms with Crippen LogP contribution in [0.25, 0.3) is 0 Å². The van der Waals surface area contributed by atoms with Crippen molar-refractivity contribution in [2.45, 2.75) is 0 Å². The number of ether oxygens (including phenoxy) is 2. The number of benzene rings is 2. The van der Waals surface area contributed by atoms with Crippen molar-refractivity contribution in [3.63, 3.8) is 0 Å². The molecule has 0 radical (unpaired) electrons. The van der Waals surface area contributed by atoms with Crippen LogP contribution >= 0.6 is 34.8 Å². The van der Waals surface area contributed by atoms with E-state index in [4.69, 9.17) is 44.3 Å². The lowest BCUT2D eigenvalue weighted by Crippen LogP contribution is -2.16.